The van der Waals surface area contributed by atoms with E-state index in [1.54, 1.807) is 6.20 Å². The summed E-state index contributed by atoms with van der Waals surface area (Å²) in [6.07, 6.45) is 14.8. The fourth-order valence-corrected chi connectivity index (χ4v) is 2.39. The van der Waals surface area contributed by atoms with Gasteiger partial charge in [0.2, 0.25) is 0 Å². The van der Waals surface area contributed by atoms with Gasteiger partial charge >= 0.3 is 0 Å². The molecule has 0 fully saturated rings. The van der Waals surface area contributed by atoms with Crippen molar-refractivity contribution >= 4 is 19.1 Å². The molecule has 2 N–H and O–H groups in total. The van der Waals surface area contributed by atoms with Crippen LogP contribution in [-0.2, 0) is 0 Å². The molecular weight excluding hydrogens is 298 g/mol. The van der Waals surface area contributed by atoms with Gasteiger partial charge < -0.3 is 5.32 Å². The van der Waals surface area contributed by atoms with Crippen LogP contribution in [0.15, 0.2) is 62.6 Å². The Morgan fingerprint density at radius 1 is 1.25 bits per heavy atom. The summed E-state index contributed by atoms with van der Waals surface area (Å²) in [4.78, 5) is 8.04. The molecule has 0 saturated heterocycles. The normalized spacial score (nSPS) is 20.6. The van der Waals surface area contributed by atoms with Crippen molar-refractivity contribution in [3.8, 4) is 0 Å². The zero-order chi connectivity index (χ0) is 17.6. The fourth-order valence-electron chi connectivity index (χ4n) is 2.39. The largest absolute Gasteiger partial charge is 0.383 e. The molecule has 0 atom stereocenters. The van der Waals surface area contributed by atoms with Crippen molar-refractivity contribution in [3.63, 3.8) is 0 Å². The predicted octanol–water partition coefficient (Wildman–Crippen LogP) is 3.74. The van der Waals surface area contributed by atoms with Crippen molar-refractivity contribution in [2.45, 2.75) is 39.0 Å². The Labute approximate surface area is 145 Å². The van der Waals surface area contributed by atoms with Crippen LogP contribution in [0.1, 0.15) is 39.0 Å². The summed E-state index contributed by atoms with van der Waals surface area (Å²) in [5, 5.41) is 7.30. The molecular formula is C19H29N5. The van der Waals surface area contributed by atoms with Gasteiger partial charge in [-0.05, 0) is 19.6 Å². The third kappa shape index (κ3) is 7.72. The molecule has 0 aromatic rings. The average Bonchev–Trinajstić information content (AvgIpc) is 2.69. The molecule has 0 heterocycles. The van der Waals surface area contributed by atoms with Crippen LogP contribution in [0.4, 0.5) is 0 Å². The van der Waals surface area contributed by atoms with E-state index in [1.807, 2.05) is 13.1 Å². The molecule has 0 unspecified atom stereocenters. The molecule has 5 nitrogen and oxygen atoms in total. The Hall–Kier alpha value is -2.43. The lowest BCUT2D eigenvalue weighted by Crippen LogP contribution is -2.22. The van der Waals surface area contributed by atoms with Gasteiger partial charge in [0.05, 0.1) is 6.54 Å². The summed E-state index contributed by atoms with van der Waals surface area (Å²) in [7, 11) is 1.82. The van der Waals surface area contributed by atoms with Crippen molar-refractivity contribution in [2.75, 3.05) is 13.6 Å². The third-order valence-electron chi connectivity index (χ3n) is 3.83. The van der Waals surface area contributed by atoms with E-state index < -0.39 is 0 Å². The van der Waals surface area contributed by atoms with Crippen molar-refractivity contribution in [1.29, 1.82) is 0 Å². The van der Waals surface area contributed by atoms with E-state index in [1.165, 1.54) is 11.3 Å². The van der Waals surface area contributed by atoms with E-state index in [0.717, 1.165) is 50.1 Å². The highest BCUT2D eigenvalue weighted by molar-refractivity contribution is 5.87. The minimum atomic E-state index is 0.738. The summed E-state index contributed by atoms with van der Waals surface area (Å²) in [6.45, 7) is 9.86. The molecule has 5 heteroatoms. The van der Waals surface area contributed by atoms with Crippen molar-refractivity contribution in [1.82, 2.24) is 10.7 Å². The predicted molar refractivity (Wildman–Crippen MR) is 106 cm³/mol. The maximum atomic E-state index is 4.33. The van der Waals surface area contributed by atoms with E-state index in [9.17, 15) is 0 Å². The molecule has 0 aliphatic heterocycles. The van der Waals surface area contributed by atoms with Crippen LogP contribution in [-0.4, -0.2) is 32.7 Å². The molecule has 130 valence electrons. The highest BCUT2D eigenvalue weighted by Crippen LogP contribution is 2.18. The van der Waals surface area contributed by atoms with Gasteiger partial charge in [0.1, 0.15) is 0 Å². The molecule has 0 amide bonds. The van der Waals surface area contributed by atoms with E-state index in [2.05, 4.69) is 64.4 Å². The van der Waals surface area contributed by atoms with Gasteiger partial charge in [0.15, 0.2) is 0 Å². The number of nitrogens with zero attached hydrogens (tertiary/aromatic N) is 3. The number of allylic oxidation sites excluding steroid dienone is 5. The average molecular weight is 327 g/mol. The smallest absolute Gasteiger partial charge is 0.0529 e. The number of nitrogens with one attached hydrogen (secondary N) is 2. The molecule has 1 aliphatic rings. The Morgan fingerprint density at radius 2 is 2.04 bits per heavy atom. The topological polar surface area (TPSA) is 61.1 Å². The van der Waals surface area contributed by atoms with Crippen LogP contribution < -0.4 is 10.7 Å². The van der Waals surface area contributed by atoms with Crippen LogP contribution in [0.3, 0.4) is 0 Å². The Kier molecular flexibility index (Phi) is 9.85. The van der Waals surface area contributed by atoms with Crippen LogP contribution in [0.25, 0.3) is 0 Å². The summed E-state index contributed by atoms with van der Waals surface area (Å²) < 4.78 is 0. The lowest BCUT2D eigenvalue weighted by molar-refractivity contribution is 0.819. The van der Waals surface area contributed by atoms with E-state index >= 15 is 0 Å². The summed E-state index contributed by atoms with van der Waals surface area (Å²) in [5.41, 5.74) is 7.80. The van der Waals surface area contributed by atoms with Gasteiger partial charge in [0.25, 0.3) is 0 Å². The summed E-state index contributed by atoms with van der Waals surface area (Å²) >= 11 is 0. The van der Waals surface area contributed by atoms with Gasteiger partial charge in [-0.25, -0.2) is 0 Å². The molecule has 0 radical (unpaired) electrons. The standard InChI is InChI=1S/C19H29N5/c1-5-16-11-12-17(8-6-9-18(14-16)24-22-4)23-15-19(21-3)10-7-13-20-2/h7-9,11,13,23-24H,2,4-6,10,12,14-15H2,1,3H3/b13-7-,16-11-,17-8?,18-9+,21-19+. The molecule has 0 bridgehead atoms. The third-order valence-corrected chi connectivity index (χ3v) is 3.83. The van der Waals surface area contributed by atoms with Crippen LogP contribution in [0.2, 0.25) is 0 Å². The first-order chi connectivity index (χ1) is 11.7. The maximum absolute atomic E-state index is 4.33. The maximum Gasteiger partial charge on any atom is 0.0529 e. The molecule has 0 spiro atoms. The number of rotatable bonds is 9. The molecule has 24 heavy (non-hydrogen) atoms. The van der Waals surface area contributed by atoms with Crippen LogP contribution in [0, 0.1) is 0 Å². The SMILES string of the molecule is C=N/C=C\C/C(CNC1=CC/C=C(/NN=C)C/C(CC)=C\C1)=N\C. The minimum absolute atomic E-state index is 0.738. The Balaban J connectivity index is 2.72. The number of hydrogen-bond donors (Lipinski definition) is 2. The van der Waals surface area contributed by atoms with Gasteiger partial charge in [-0.1, -0.05) is 36.8 Å². The Morgan fingerprint density at radius 3 is 2.71 bits per heavy atom. The first-order valence-corrected chi connectivity index (χ1v) is 8.30. The van der Waals surface area contributed by atoms with Gasteiger partial charge in [-0.15, -0.1) is 0 Å². The van der Waals surface area contributed by atoms with E-state index in [0.29, 0.717) is 0 Å². The molecule has 1 aliphatic carbocycles. The lowest BCUT2D eigenvalue weighted by Gasteiger charge is -2.11. The molecule has 0 aromatic carbocycles. The van der Waals surface area contributed by atoms with E-state index in [-0.39, 0.29) is 0 Å². The highest BCUT2D eigenvalue weighted by atomic mass is 15.3. The quantitative estimate of drug-likeness (QED) is 0.385. The van der Waals surface area contributed by atoms with Gasteiger partial charge in [0, 0.05) is 56.3 Å². The van der Waals surface area contributed by atoms with Crippen molar-refractivity contribution < 1.29 is 0 Å². The van der Waals surface area contributed by atoms with Crippen LogP contribution in [0.5, 0.6) is 0 Å². The fraction of sp³-hybridized carbons (Fsp3) is 0.421. The first kappa shape index (κ1) is 19.6. The zero-order valence-electron chi connectivity index (χ0n) is 14.9. The number of aliphatic imine (C=N–C) groups is 2. The monoisotopic (exact) mass is 327 g/mol. The Bertz CT molecular complexity index is 564. The molecule has 1 rings (SSSR count). The highest BCUT2D eigenvalue weighted by Gasteiger charge is 2.05. The zero-order valence-corrected chi connectivity index (χ0v) is 14.9. The van der Waals surface area contributed by atoms with Gasteiger partial charge in [-0.3, -0.25) is 15.4 Å². The number of hydrogen-bond acceptors (Lipinski definition) is 5. The molecule has 0 saturated carbocycles. The molecule has 0 aromatic heterocycles. The summed E-state index contributed by atoms with van der Waals surface area (Å²) in [6, 6.07) is 0. The van der Waals surface area contributed by atoms with Gasteiger partial charge in [-0.2, -0.15) is 5.10 Å². The second-order valence-corrected chi connectivity index (χ2v) is 5.48. The second kappa shape index (κ2) is 12.0. The number of hydrazone groups is 1. The minimum Gasteiger partial charge on any atom is -0.383 e. The van der Waals surface area contributed by atoms with E-state index in [4.69, 9.17) is 0 Å². The van der Waals surface area contributed by atoms with Crippen LogP contribution >= 0.6 is 0 Å². The van der Waals surface area contributed by atoms with Crippen molar-refractivity contribution in [2.24, 2.45) is 15.1 Å². The van der Waals surface area contributed by atoms with Crippen molar-refractivity contribution in [3.05, 3.63) is 47.5 Å². The summed E-state index contributed by atoms with van der Waals surface area (Å²) in [5.74, 6) is 0. The second-order valence-electron chi connectivity index (χ2n) is 5.48. The lowest BCUT2D eigenvalue weighted by atomic mass is 10.1. The first-order valence-electron chi connectivity index (χ1n) is 8.30.